The van der Waals surface area contributed by atoms with E-state index in [-0.39, 0.29) is 0 Å². The average molecular weight is 332 g/mol. The van der Waals surface area contributed by atoms with Crippen LogP contribution in [0.5, 0.6) is 0 Å². The number of unbranched alkanes of at least 4 members (excludes halogenated alkanes) is 1. The second-order valence-corrected chi connectivity index (χ2v) is 7.03. The van der Waals surface area contributed by atoms with E-state index in [1.807, 2.05) is 0 Å². The molecule has 1 aromatic rings. The van der Waals surface area contributed by atoms with Crippen molar-refractivity contribution in [1.82, 2.24) is 10.6 Å². The standard InChI is InChI=1S/C20H33N3O/c1-4-5-13-21-19(22-15-18-8-6-17(2)7-9-18)23-16-20(10-11-20)12-14-24-3/h6-9H,4-5,10-16H2,1-3H3,(H2,21,22,23). The van der Waals surface area contributed by atoms with E-state index < -0.39 is 0 Å². The van der Waals surface area contributed by atoms with Gasteiger partial charge in [-0.1, -0.05) is 43.2 Å². The summed E-state index contributed by atoms with van der Waals surface area (Å²) in [5, 5.41) is 7.02. The molecule has 2 rings (SSSR count). The maximum atomic E-state index is 5.25. The van der Waals surface area contributed by atoms with Crippen LogP contribution in [0.3, 0.4) is 0 Å². The van der Waals surface area contributed by atoms with Crippen molar-refractivity contribution in [3.63, 3.8) is 0 Å². The van der Waals surface area contributed by atoms with Crippen molar-refractivity contribution in [3.8, 4) is 0 Å². The number of aliphatic imine (C=N–C) groups is 1. The number of methoxy groups -OCH3 is 1. The van der Waals surface area contributed by atoms with Gasteiger partial charge >= 0.3 is 0 Å². The third-order valence-corrected chi connectivity index (χ3v) is 4.79. The molecule has 0 aliphatic heterocycles. The van der Waals surface area contributed by atoms with E-state index in [0.29, 0.717) is 12.0 Å². The molecule has 24 heavy (non-hydrogen) atoms. The molecule has 0 atom stereocenters. The Hall–Kier alpha value is -1.55. The highest BCUT2D eigenvalue weighted by Crippen LogP contribution is 2.48. The Morgan fingerprint density at radius 1 is 1.21 bits per heavy atom. The van der Waals surface area contributed by atoms with E-state index in [1.165, 1.54) is 36.8 Å². The third kappa shape index (κ3) is 6.52. The minimum Gasteiger partial charge on any atom is -0.385 e. The summed E-state index contributed by atoms with van der Waals surface area (Å²) in [6.07, 6.45) is 6.08. The number of hydrogen-bond donors (Lipinski definition) is 2. The SMILES string of the molecule is CCCCNC(=NCc1ccc(C)cc1)NCC1(CCOC)CC1. The normalized spacial score (nSPS) is 16.0. The van der Waals surface area contributed by atoms with Crippen LogP contribution in [0.1, 0.15) is 50.2 Å². The van der Waals surface area contributed by atoms with Crippen LogP contribution in [0.2, 0.25) is 0 Å². The van der Waals surface area contributed by atoms with Crippen LogP contribution in [0, 0.1) is 12.3 Å². The fraction of sp³-hybridized carbons (Fsp3) is 0.650. The predicted molar refractivity (Wildman–Crippen MR) is 101 cm³/mol. The van der Waals surface area contributed by atoms with Crippen LogP contribution >= 0.6 is 0 Å². The minimum atomic E-state index is 0.424. The first kappa shape index (κ1) is 18.8. The van der Waals surface area contributed by atoms with Gasteiger partial charge in [-0.3, -0.25) is 0 Å². The molecule has 1 saturated carbocycles. The molecule has 0 amide bonds. The molecule has 0 aromatic heterocycles. The molecule has 2 N–H and O–H groups in total. The van der Waals surface area contributed by atoms with Crippen molar-refractivity contribution in [3.05, 3.63) is 35.4 Å². The molecule has 4 nitrogen and oxygen atoms in total. The quantitative estimate of drug-likeness (QED) is 0.391. The Morgan fingerprint density at radius 3 is 2.58 bits per heavy atom. The highest BCUT2D eigenvalue weighted by Gasteiger charge is 2.41. The zero-order chi connectivity index (χ0) is 17.3. The van der Waals surface area contributed by atoms with E-state index in [4.69, 9.17) is 9.73 Å². The number of guanidine groups is 1. The lowest BCUT2D eigenvalue weighted by atomic mass is 10.0. The zero-order valence-corrected chi connectivity index (χ0v) is 15.5. The van der Waals surface area contributed by atoms with Crippen molar-refractivity contribution < 1.29 is 4.74 Å². The van der Waals surface area contributed by atoms with Crippen molar-refractivity contribution >= 4 is 5.96 Å². The smallest absolute Gasteiger partial charge is 0.191 e. The number of rotatable bonds is 10. The molecular weight excluding hydrogens is 298 g/mol. The fourth-order valence-electron chi connectivity index (χ4n) is 2.70. The Bertz CT molecular complexity index is 506. The van der Waals surface area contributed by atoms with Gasteiger partial charge in [0.1, 0.15) is 0 Å². The summed E-state index contributed by atoms with van der Waals surface area (Å²) in [6, 6.07) is 8.60. The zero-order valence-electron chi connectivity index (χ0n) is 15.5. The van der Waals surface area contributed by atoms with Crippen LogP contribution in [0.4, 0.5) is 0 Å². The molecule has 0 spiro atoms. The molecule has 0 saturated heterocycles. The maximum absolute atomic E-state index is 5.25. The van der Waals surface area contributed by atoms with Crippen LogP contribution in [-0.2, 0) is 11.3 Å². The number of benzene rings is 1. The van der Waals surface area contributed by atoms with Crippen LogP contribution in [-0.4, -0.2) is 32.8 Å². The van der Waals surface area contributed by atoms with E-state index in [2.05, 4.69) is 48.7 Å². The molecular formula is C20H33N3O. The minimum absolute atomic E-state index is 0.424. The van der Waals surface area contributed by atoms with Crippen molar-refractivity contribution in [2.24, 2.45) is 10.4 Å². The first-order chi connectivity index (χ1) is 11.7. The Balaban J connectivity index is 1.88. The predicted octanol–water partition coefficient (Wildman–Crippen LogP) is 3.65. The van der Waals surface area contributed by atoms with E-state index in [0.717, 1.165) is 32.1 Å². The third-order valence-electron chi connectivity index (χ3n) is 4.79. The lowest BCUT2D eigenvalue weighted by Gasteiger charge is -2.18. The van der Waals surface area contributed by atoms with Crippen LogP contribution in [0.15, 0.2) is 29.3 Å². The summed E-state index contributed by atoms with van der Waals surface area (Å²) in [4.78, 5) is 4.77. The highest BCUT2D eigenvalue weighted by atomic mass is 16.5. The van der Waals surface area contributed by atoms with Gasteiger partial charge in [-0.2, -0.15) is 0 Å². The lowest BCUT2D eigenvalue weighted by molar-refractivity contribution is 0.172. The highest BCUT2D eigenvalue weighted by molar-refractivity contribution is 5.79. The van der Waals surface area contributed by atoms with E-state index in [1.54, 1.807) is 7.11 Å². The van der Waals surface area contributed by atoms with Gasteiger partial charge in [0.2, 0.25) is 0 Å². The number of nitrogens with one attached hydrogen (secondary N) is 2. The van der Waals surface area contributed by atoms with Gasteiger partial charge in [-0.05, 0) is 43.6 Å². The molecule has 0 unspecified atom stereocenters. The monoisotopic (exact) mass is 331 g/mol. The van der Waals surface area contributed by atoms with Crippen LogP contribution < -0.4 is 10.6 Å². The average Bonchev–Trinajstić information content (AvgIpc) is 3.37. The van der Waals surface area contributed by atoms with Gasteiger partial charge in [-0.25, -0.2) is 4.99 Å². The first-order valence-corrected chi connectivity index (χ1v) is 9.24. The Labute approximate surface area is 147 Å². The molecule has 1 fully saturated rings. The maximum Gasteiger partial charge on any atom is 0.191 e. The first-order valence-electron chi connectivity index (χ1n) is 9.24. The van der Waals surface area contributed by atoms with Gasteiger partial charge in [0.15, 0.2) is 5.96 Å². The second kappa shape index (κ2) is 9.67. The summed E-state index contributed by atoms with van der Waals surface area (Å²) in [6.45, 7) is 7.85. The van der Waals surface area contributed by atoms with Gasteiger partial charge in [0.25, 0.3) is 0 Å². The summed E-state index contributed by atoms with van der Waals surface area (Å²) in [5.74, 6) is 0.938. The molecule has 134 valence electrons. The summed E-state index contributed by atoms with van der Waals surface area (Å²) < 4.78 is 5.25. The van der Waals surface area contributed by atoms with Gasteiger partial charge in [0.05, 0.1) is 6.54 Å². The molecule has 1 aromatic carbocycles. The molecule has 1 aliphatic rings. The lowest BCUT2D eigenvalue weighted by Crippen LogP contribution is -2.41. The molecule has 4 heteroatoms. The summed E-state index contributed by atoms with van der Waals surface area (Å²) in [5.41, 5.74) is 2.96. The summed E-state index contributed by atoms with van der Waals surface area (Å²) in [7, 11) is 1.78. The van der Waals surface area contributed by atoms with Gasteiger partial charge in [0, 0.05) is 26.8 Å². The second-order valence-electron chi connectivity index (χ2n) is 7.03. The van der Waals surface area contributed by atoms with Gasteiger partial charge in [-0.15, -0.1) is 0 Å². The largest absolute Gasteiger partial charge is 0.385 e. The van der Waals surface area contributed by atoms with Crippen molar-refractivity contribution in [1.29, 1.82) is 0 Å². The van der Waals surface area contributed by atoms with E-state index in [9.17, 15) is 0 Å². The molecule has 0 heterocycles. The van der Waals surface area contributed by atoms with Crippen LogP contribution in [0.25, 0.3) is 0 Å². The van der Waals surface area contributed by atoms with Gasteiger partial charge < -0.3 is 15.4 Å². The summed E-state index contributed by atoms with van der Waals surface area (Å²) >= 11 is 0. The van der Waals surface area contributed by atoms with Crippen molar-refractivity contribution in [2.45, 2.75) is 52.5 Å². The number of nitrogens with zero attached hydrogens (tertiary/aromatic N) is 1. The fourth-order valence-corrected chi connectivity index (χ4v) is 2.70. The molecule has 1 aliphatic carbocycles. The number of hydrogen-bond acceptors (Lipinski definition) is 2. The molecule has 0 radical (unpaired) electrons. The molecule has 0 bridgehead atoms. The Morgan fingerprint density at radius 2 is 1.96 bits per heavy atom. The Kier molecular flexibility index (Phi) is 7.57. The van der Waals surface area contributed by atoms with E-state index >= 15 is 0 Å². The topological polar surface area (TPSA) is 45.7 Å². The van der Waals surface area contributed by atoms with Crippen molar-refractivity contribution in [2.75, 3.05) is 26.8 Å². The number of aryl methyl sites for hydroxylation is 1. The number of ether oxygens (including phenoxy) is 1.